The summed E-state index contributed by atoms with van der Waals surface area (Å²) in [6.45, 7) is 3.66. The minimum absolute atomic E-state index is 0.201. The van der Waals surface area contributed by atoms with E-state index >= 15 is 0 Å². The molecule has 27 heavy (non-hydrogen) atoms. The zero-order valence-corrected chi connectivity index (χ0v) is 16.0. The fourth-order valence-corrected chi connectivity index (χ4v) is 2.57. The number of esters is 1. The maximum Gasteiger partial charge on any atom is 0.345 e. The van der Waals surface area contributed by atoms with Crippen molar-refractivity contribution in [3.8, 4) is 17.6 Å². The molecule has 0 aromatic heterocycles. The molecule has 0 aliphatic rings. The summed E-state index contributed by atoms with van der Waals surface area (Å²) >= 11 is 0. The van der Waals surface area contributed by atoms with Crippen LogP contribution in [0.5, 0.6) is 11.5 Å². The molecule has 0 saturated heterocycles. The molecule has 2 rings (SSSR count). The number of ether oxygens (including phenoxy) is 3. The van der Waals surface area contributed by atoms with Crippen LogP contribution in [0.1, 0.15) is 29.8 Å². The summed E-state index contributed by atoms with van der Waals surface area (Å²) in [5.74, 6) is 0.0619. The van der Waals surface area contributed by atoms with Gasteiger partial charge in [0.1, 0.15) is 17.1 Å². The monoisotopic (exact) mass is 369 g/mol. The largest absolute Gasteiger partial charge is 0.496 e. The van der Waals surface area contributed by atoms with Gasteiger partial charge in [-0.25, -0.2) is 4.79 Å². The van der Waals surface area contributed by atoms with Crippen LogP contribution in [0, 0.1) is 11.3 Å². The van der Waals surface area contributed by atoms with Crippen molar-refractivity contribution < 1.29 is 19.0 Å². The molecule has 0 aliphatic heterocycles. The SMILES string of the molecule is COC(=O)c1c(OC)cc(Nc2ccc(C(C)(C)C#N)cc2N)cc1OC. The second-order valence-electron chi connectivity index (χ2n) is 6.41. The average Bonchev–Trinajstić information content (AvgIpc) is 2.67. The van der Waals surface area contributed by atoms with E-state index in [2.05, 4.69) is 11.4 Å². The summed E-state index contributed by atoms with van der Waals surface area (Å²) in [4.78, 5) is 12.0. The van der Waals surface area contributed by atoms with Crippen molar-refractivity contribution >= 4 is 23.0 Å². The molecule has 0 aliphatic carbocycles. The number of anilines is 3. The van der Waals surface area contributed by atoms with Crippen molar-refractivity contribution in [1.29, 1.82) is 5.26 Å². The number of nitriles is 1. The Labute approximate surface area is 158 Å². The van der Waals surface area contributed by atoms with E-state index in [1.165, 1.54) is 21.3 Å². The Bertz CT molecular complexity index is 876. The second kappa shape index (κ2) is 7.87. The van der Waals surface area contributed by atoms with Gasteiger partial charge < -0.3 is 25.3 Å². The molecule has 0 bridgehead atoms. The fourth-order valence-electron chi connectivity index (χ4n) is 2.57. The Morgan fingerprint density at radius 3 is 2.15 bits per heavy atom. The molecule has 3 N–H and O–H groups in total. The molecule has 2 aromatic carbocycles. The maximum atomic E-state index is 12.0. The summed E-state index contributed by atoms with van der Waals surface area (Å²) in [5.41, 5.74) is 8.31. The van der Waals surface area contributed by atoms with Crippen molar-refractivity contribution in [2.45, 2.75) is 19.3 Å². The number of rotatable bonds is 6. The third-order valence-corrected chi connectivity index (χ3v) is 4.23. The second-order valence-corrected chi connectivity index (χ2v) is 6.41. The van der Waals surface area contributed by atoms with E-state index < -0.39 is 11.4 Å². The van der Waals surface area contributed by atoms with E-state index in [0.717, 1.165) is 5.56 Å². The third-order valence-electron chi connectivity index (χ3n) is 4.23. The van der Waals surface area contributed by atoms with Gasteiger partial charge >= 0.3 is 5.97 Å². The maximum absolute atomic E-state index is 12.0. The lowest BCUT2D eigenvalue weighted by Crippen LogP contribution is -2.14. The van der Waals surface area contributed by atoms with E-state index in [4.69, 9.17) is 19.9 Å². The highest BCUT2D eigenvalue weighted by Crippen LogP contribution is 2.36. The molecule has 7 nitrogen and oxygen atoms in total. The van der Waals surface area contributed by atoms with Gasteiger partial charge in [0, 0.05) is 17.8 Å². The van der Waals surface area contributed by atoms with Crippen molar-refractivity contribution in [2.75, 3.05) is 32.4 Å². The van der Waals surface area contributed by atoms with Gasteiger partial charge in [-0.1, -0.05) is 6.07 Å². The molecular formula is C20H23N3O4. The van der Waals surface area contributed by atoms with E-state index in [0.29, 0.717) is 28.6 Å². The highest BCUT2D eigenvalue weighted by Gasteiger charge is 2.22. The third kappa shape index (κ3) is 4.06. The van der Waals surface area contributed by atoms with Gasteiger partial charge in [-0.2, -0.15) is 5.26 Å². The van der Waals surface area contributed by atoms with Crippen molar-refractivity contribution in [1.82, 2.24) is 0 Å². The summed E-state index contributed by atoms with van der Waals surface area (Å²) in [6.07, 6.45) is 0. The molecular weight excluding hydrogens is 346 g/mol. The van der Waals surface area contributed by atoms with Gasteiger partial charge in [-0.15, -0.1) is 0 Å². The molecule has 0 saturated carbocycles. The molecule has 0 radical (unpaired) electrons. The first-order valence-corrected chi connectivity index (χ1v) is 8.20. The lowest BCUT2D eigenvalue weighted by Gasteiger charge is -2.19. The summed E-state index contributed by atoms with van der Waals surface area (Å²) in [7, 11) is 4.20. The molecule has 0 fully saturated rings. The number of nitrogens with two attached hydrogens (primary N) is 1. The Balaban J connectivity index is 2.43. The Morgan fingerprint density at radius 1 is 1.11 bits per heavy atom. The van der Waals surface area contributed by atoms with Gasteiger partial charge in [-0.3, -0.25) is 0 Å². The van der Waals surface area contributed by atoms with Crippen LogP contribution in [0.25, 0.3) is 0 Å². The Hall–Kier alpha value is -3.40. The van der Waals surface area contributed by atoms with Gasteiger partial charge in [0.05, 0.1) is 44.2 Å². The topological polar surface area (TPSA) is 107 Å². The average molecular weight is 369 g/mol. The first kappa shape index (κ1) is 19.9. The number of nitrogens with zero attached hydrogens (tertiary/aromatic N) is 1. The zero-order valence-electron chi connectivity index (χ0n) is 16.0. The molecule has 0 atom stereocenters. The van der Waals surface area contributed by atoms with E-state index in [-0.39, 0.29) is 5.56 Å². The summed E-state index contributed by atoms with van der Waals surface area (Å²) < 4.78 is 15.4. The van der Waals surface area contributed by atoms with Crippen LogP contribution in [0.2, 0.25) is 0 Å². The first-order chi connectivity index (χ1) is 12.8. The smallest absolute Gasteiger partial charge is 0.345 e. The number of nitrogen functional groups attached to an aromatic ring is 1. The minimum atomic E-state index is -0.638. The quantitative estimate of drug-likeness (QED) is 0.591. The fraction of sp³-hybridized carbons (Fsp3) is 0.300. The van der Waals surface area contributed by atoms with Crippen LogP contribution in [-0.2, 0) is 10.2 Å². The molecule has 0 spiro atoms. The van der Waals surface area contributed by atoms with Crippen LogP contribution in [0.3, 0.4) is 0 Å². The molecule has 0 unspecified atom stereocenters. The predicted octanol–water partition coefficient (Wildman–Crippen LogP) is 3.62. The zero-order chi connectivity index (χ0) is 20.2. The van der Waals surface area contributed by atoms with E-state index in [1.54, 1.807) is 24.3 Å². The predicted molar refractivity (Wildman–Crippen MR) is 104 cm³/mol. The number of carbonyl (C=O) groups excluding carboxylic acids is 1. The van der Waals surface area contributed by atoms with Crippen LogP contribution < -0.4 is 20.5 Å². The van der Waals surface area contributed by atoms with Gasteiger partial charge in [-0.05, 0) is 31.5 Å². The van der Waals surface area contributed by atoms with Crippen LogP contribution in [-0.4, -0.2) is 27.3 Å². The number of hydrogen-bond donors (Lipinski definition) is 2. The molecule has 2 aromatic rings. The number of hydrogen-bond acceptors (Lipinski definition) is 7. The molecule has 7 heteroatoms. The molecule has 142 valence electrons. The van der Waals surface area contributed by atoms with Crippen LogP contribution in [0.15, 0.2) is 30.3 Å². The number of methoxy groups -OCH3 is 3. The molecule has 0 heterocycles. The van der Waals surface area contributed by atoms with Gasteiger partial charge in [0.2, 0.25) is 0 Å². The Morgan fingerprint density at radius 2 is 1.70 bits per heavy atom. The van der Waals surface area contributed by atoms with E-state index in [9.17, 15) is 10.1 Å². The highest BCUT2D eigenvalue weighted by molar-refractivity contribution is 5.96. The molecule has 0 amide bonds. The van der Waals surface area contributed by atoms with Crippen LogP contribution >= 0.6 is 0 Å². The minimum Gasteiger partial charge on any atom is -0.496 e. The van der Waals surface area contributed by atoms with Crippen molar-refractivity contribution in [3.05, 3.63) is 41.5 Å². The number of nitrogens with one attached hydrogen (secondary N) is 1. The van der Waals surface area contributed by atoms with E-state index in [1.807, 2.05) is 19.9 Å². The number of carbonyl (C=O) groups is 1. The standard InChI is InChI=1S/C20H23N3O4/c1-20(2,11-21)12-6-7-15(14(22)8-12)23-13-9-16(25-3)18(19(24)27-5)17(10-13)26-4/h6-10,23H,22H2,1-5H3. The summed E-state index contributed by atoms with van der Waals surface area (Å²) in [6, 6.07) is 11.0. The van der Waals surface area contributed by atoms with Crippen molar-refractivity contribution in [3.63, 3.8) is 0 Å². The lowest BCUT2D eigenvalue weighted by molar-refractivity contribution is 0.0593. The van der Waals surface area contributed by atoms with Crippen LogP contribution in [0.4, 0.5) is 17.1 Å². The highest BCUT2D eigenvalue weighted by atomic mass is 16.5. The number of benzene rings is 2. The Kier molecular flexibility index (Phi) is 5.81. The van der Waals surface area contributed by atoms with Gasteiger partial charge in [0.15, 0.2) is 0 Å². The first-order valence-electron chi connectivity index (χ1n) is 8.20. The summed E-state index contributed by atoms with van der Waals surface area (Å²) in [5, 5.41) is 12.5. The van der Waals surface area contributed by atoms with Crippen molar-refractivity contribution in [2.24, 2.45) is 0 Å². The van der Waals surface area contributed by atoms with Gasteiger partial charge in [0.25, 0.3) is 0 Å². The lowest BCUT2D eigenvalue weighted by atomic mass is 9.86. The normalized spacial score (nSPS) is 10.7.